The summed E-state index contributed by atoms with van der Waals surface area (Å²) in [5.74, 6) is -0.865. The van der Waals surface area contributed by atoms with E-state index < -0.39 is 5.97 Å². The second-order valence-corrected chi connectivity index (χ2v) is 1.94. The Hall–Kier alpha value is -0.610. The zero-order chi connectivity index (χ0) is 7.98. The molecule has 0 radical (unpaired) electrons. The van der Waals surface area contributed by atoms with Gasteiger partial charge in [-0.15, -0.1) is 0 Å². The van der Waals surface area contributed by atoms with Crippen LogP contribution in [0.25, 0.3) is 0 Å². The molecule has 4 nitrogen and oxygen atoms in total. The fourth-order valence-electron chi connectivity index (χ4n) is 0.635. The summed E-state index contributed by atoms with van der Waals surface area (Å²) in [7, 11) is 1.47. The number of hydrogen-bond acceptors (Lipinski definition) is 3. The van der Waals surface area contributed by atoms with Gasteiger partial charge in [-0.05, 0) is 6.42 Å². The van der Waals surface area contributed by atoms with Gasteiger partial charge >= 0.3 is 5.97 Å². The lowest BCUT2D eigenvalue weighted by atomic mass is 10.4. The third kappa shape index (κ3) is 4.29. The van der Waals surface area contributed by atoms with Crippen LogP contribution in [0, 0.1) is 0 Å². The van der Waals surface area contributed by atoms with Crippen molar-refractivity contribution >= 4 is 5.97 Å². The summed E-state index contributed by atoms with van der Waals surface area (Å²) in [5, 5.41) is 9.73. The highest BCUT2D eigenvalue weighted by molar-refractivity contribution is 5.68. The van der Waals surface area contributed by atoms with E-state index in [0.717, 1.165) is 6.42 Å². The van der Waals surface area contributed by atoms with Gasteiger partial charge in [-0.2, -0.15) is 5.06 Å². The molecule has 0 aromatic carbocycles. The molecule has 0 amide bonds. The number of nitrogens with zero attached hydrogens (tertiary/aromatic N) is 1. The summed E-state index contributed by atoms with van der Waals surface area (Å²) < 4.78 is 0. The van der Waals surface area contributed by atoms with Gasteiger partial charge in [-0.3, -0.25) is 4.79 Å². The minimum Gasteiger partial charge on any atom is -0.480 e. The maximum Gasteiger partial charge on any atom is 0.320 e. The van der Waals surface area contributed by atoms with Gasteiger partial charge in [0.25, 0.3) is 0 Å². The maximum atomic E-state index is 10.1. The third-order valence-electron chi connectivity index (χ3n) is 1.04. The van der Waals surface area contributed by atoms with Crippen LogP contribution < -0.4 is 0 Å². The van der Waals surface area contributed by atoms with E-state index in [1.54, 1.807) is 0 Å². The van der Waals surface area contributed by atoms with Gasteiger partial charge in [0.1, 0.15) is 6.54 Å². The number of carbonyl (C=O) groups is 1. The monoisotopic (exact) mass is 147 g/mol. The molecule has 60 valence electrons. The Morgan fingerprint density at radius 1 is 1.70 bits per heavy atom. The van der Waals surface area contributed by atoms with Gasteiger partial charge in [0, 0.05) is 6.54 Å². The predicted molar refractivity (Wildman–Crippen MR) is 36.5 cm³/mol. The first-order valence-electron chi connectivity index (χ1n) is 3.21. The van der Waals surface area contributed by atoms with Crippen LogP contribution >= 0.6 is 0 Å². The predicted octanol–water partition coefficient (Wildman–Crippen LogP) is 0.344. The average Bonchev–Trinajstić information content (AvgIpc) is 1.86. The Balaban J connectivity index is 3.49. The van der Waals surface area contributed by atoms with Gasteiger partial charge in [-0.1, -0.05) is 6.92 Å². The van der Waals surface area contributed by atoms with Gasteiger partial charge in [0.15, 0.2) is 0 Å². The molecular weight excluding hydrogens is 134 g/mol. The second kappa shape index (κ2) is 5.20. The van der Waals surface area contributed by atoms with Crippen molar-refractivity contribution in [2.24, 2.45) is 0 Å². The lowest BCUT2D eigenvalue weighted by Crippen LogP contribution is -2.29. The van der Waals surface area contributed by atoms with E-state index in [4.69, 9.17) is 9.94 Å². The molecule has 0 aliphatic carbocycles. The molecule has 0 bridgehead atoms. The first-order valence-corrected chi connectivity index (χ1v) is 3.21. The summed E-state index contributed by atoms with van der Waals surface area (Å²) >= 11 is 0. The van der Waals surface area contributed by atoms with Crippen LogP contribution in [0.15, 0.2) is 0 Å². The van der Waals surface area contributed by atoms with Crippen molar-refractivity contribution in [1.82, 2.24) is 5.06 Å². The Labute approximate surface area is 60.3 Å². The number of rotatable bonds is 5. The van der Waals surface area contributed by atoms with Crippen molar-refractivity contribution in [3.8, 4) is 0 Å². The molecule has 0 saturated carbocycles. The number of carboxylic acids is 1. The van der Waals surface area contributed by atoms with Crippen molar-refractivity contribution in [1.29, 1.82) is 0 Å². The van der Waals surface area contributed by atoms with Crippen molar-refractivity contribution in [2.75, 3.05) is 20.2 Å². The molecule has 0 aromatic heterocycles. The molecule has 0 fully saturated rings. The van der Waals surface area contributed by atoms with E-state index in [2.05, 4.69) is 0 Å². The standard InChI is InChI=1S/C6H13NO3/c1-3-4-7(10-2)5-6(8)9/h3-5H2,1-2H3,(H,8,9). The summed E-state index contributed by atoms with van der Waals surface area (Å²) in [4.78, 5) is 14.9. The van der Waals surface area contributed by atoms with E-state index in [1.165, 1.54) is 12.2 Å². The second-order valence-electron chi connectivity index (χ2n) is 1.94. The van der Waals surface area contributed by atoms with E-state index in [9.17, 15) is 4.79 Å². The maximum absolute atomic E-state index is 10.1. The quantitative estimate of drug-likeness (QED) is 0.570. The third-order valence-corrected chi connectivity index (χ3v) is 1.04. The van der Waals surface area contributed by atoms with Crippen LogP contribution in [-0.2, 0) is 9.63 Å². The molecule has 0 aliphatic rings. The fourth-order valence-corrected chi connectivity index (χ4v) is 0.635. The van der Waals surface area contributed by atoms with Crippen LogP contribution in [0.1, 0.15) is 13.3 Å². The van der Waals surface area contributed by atoms with Crippen LogP contribution in [0.3, 0.4) is 0 Å². The van der Waals surface area contributed by atoms with Crippen molar-refractivity contribution in [2.45, 2.75) is 13.3 Å². The number of hydrogen-bond donors (Lipinski definition) is 1. The van der Waals surface area contributed by atoms with Gasteiger partial charge in [0.05, 0.1) is 7.11 Å². The van der Waals surface area contributed by atoms with Gasteiger partial charge in [0.2, 0.25) is 0 Å². The topological polar surface area (TPSA) is 49.8 Å². The molecule has 4 heteroatoms. The molecule has 0 heterocycles. The first-order chi connectivity index (χ1) is 4.70. The molecule has 0 atom stereocenters. The zero-order valence-corrected chi connectivity index (χ0v) is 6.33. The number of hydroxylamine groups is 2. The van der Waals surface area contributed by atoms with Crippen LogP contribution in [0.4, 0.5) is 0 Å². The molecule has 0 rings (SSSR count). The summed E-state index contributed by atoms with van der Waals surface area (Å²) in [6.45, 7) is 2.57. The van der Waals surface area contributed by atoms with Crippen LogP contribution in [-0.4, -0.2) is 36.3 Å². The Morgan fingerprint density at radius 2 is 2.30 bits per heavy atom. The summed E-state index contributed by atoms with van der Waals surface area (Å²) in [6, 6.07) is 0. The summed E-state index contributed by atoms with van der Waals surface area (Å²) in [5.41, 5.74) is 0. The first kappa shape index (κ1) is 9.39. The SMILES string of the molecule is CCCN(CC(=O)O)OC. The minimum absolute atomic E-state index is 0.0513. The molecule has 0 aliphatic heterocycles. The largest absolute Gasteiger partial charge is 0.480 e. The van der Waals surface area contributed by atoms with E-state index in [0.29, 0.717) is 6.54 Å². The van der Waals surface area contributed by atoms with Crippen molar-refractivity contribution in [3.63, 3.8) is 0 Å². The minimum atomic E-state index is -0.865. The fraction of sp³-hybridized carbons (Fsp3) is 0.833. The highest BCUT2D eigenvalue weighted by atomic mass is 16.7. The number of aliphatic carboxylic acids is 1. The van der Waals surface area contributed by atoms with Gasteiger partial charge in [-0.25, -0.2) is 0 Å². The smallest absolute Gasteiger partial charge is 0.320 e. The lowest BCUT2D eigenvalue weighted by Gasteiger charge is -2.15. The molecule has 0 saturated heterocycles. The number of carboxylic acid groups (broad SMARTS) is 1. The normalized spacial score (nSPS) is 10.3. The molecular formula is C6H13NO3. The van der Waals surface area contributed by atoms with Gasteiger partial charge < -0.3 is 9.94 Å². The highest BCUT2D eigenvalue weighted by Crippen LogP contribution is 1.89. The van der Waals surface area contributed by atoms with E-state index in [-0.39, 0.29) is 6.54 Å². The Morgan fingerprint density at radius 3 is 2.60 bits per heavy atom. The molecule has 1 N–H and O–H groups in total. The Kier molecular flexibility index (Phi) is 4.88. The van der Waals surface area contributed by atoms with E-state index >= 15 is 0 Å². The summed E-state index contributed by atoms with van der Waals surface area (Å²) in [6.07, 6.45) is 0.890. The lowest BCUT2D eigenvalue weighted by molar-refractivity contribution is -0.163. The van der Waals surface area contributed by atoms with E-state index in [1.807, 2.05) is 6.92 Å². The Bertz CT molecular complexity index is 105. The molecule has 0 unspecified atom stereocenters. The molecule has 10 heavy (non-hydrogen) atoms. The highest BCUT2D eigenvalue weighted by Gasteiger charge is 2.05. The average molecular weight is 147 g/mol. The van der Waals surface area contributed by atoms with Crippen molar-refractivity contribution in [3.05, 3.63) is 0 Å². The molecule has 0 spiro atoms. The van der Waals surface area contributed by atoms with Crippen LogP contribution in [0.5, 0.6) is 0 Å². The zero-order valence-electron chi connectivity index (χ0n) is 6.33. The van der Waals surface area contributed by atoms with Crippen LogP contribution in [0.2, 0.25) is 0 Å². The van der Waals surface area contributed by atoms with Crippen molar-refractivity contribution < 1.29 is 14.7 Å². The molecule has 0 aromatic rings.